The molecule has 4 atom stereocenters. The maximum Gasteiger partial charge on any atom is 0.246 e. The molecule has 1 aromatic heterocycles. The molecule has 1 saturated carbocycles. The fraction of sp³-hybridized carbons (Fsp3) is 0.571. The van der Waals surface area contributed by atoms with Crippen LogP contribution in [0.5, 0.6) is 0 Å². The number of benzene rings is 1. The van der Waals surface area contributed by atoms with E-state index in [9.17, 15) is 14.9 Å². The Balaban J connectivity index is 1.34. The molecule has 10 nitrogen and oxygen atoms in total. The van der Waals surface area contributed by atoms with Gasteiger partial charge in [-0.3, -0.25) is 9.59 Å². The van der Waals surface area contributed by atoms with Gasteiger partial charge in [-0.2, -0.15) is 10.2 Å². The first-order valence-electron chi connectivity index (χ1n) is 16.6. The molecule has 1 aromatic carbocycles. The van der Waals surface area contributed by atoms with E-state index in [4.69, 9.17) is 9.97 Å². The second kappa shape index (κ2) is 13.5. The standard InChI is InChI=1S/C35H46N8O2/c1-4-32(44)43-21-20-41(23-26(43)17-18-36)33-27-16-15-25(42-19-9-11-24-10-5-8-14-31(24)42)22-30(27)38-35(39-33)37-29-13-7-6-12-28(29)34(45)40(2)3/h4-5,8,10,14,25-26,28-29H,1,6-7,9,11-13,15-17,19-23H2,2-3H3,(H,37,38,39)/t25?,26-,28+,29+/m0/s1. The van der Waals surface area contributed by atoms with Crippen LogP contribution in [0.3, 0.4) is 0 Å². The highest BCUT2D eigenvalue weighted by atomic mass is 16.2. The third kappa shape index (κ3) is 6.35. The van der Waals surface area contributed by atoms with Crippen LogP contribution in [0.25, 0.3) is 0 Å². The van der Waals surface area contributed by atoms with E-state index in [0.29, 0.717) is 31.6 Å². The fourth-order valence-corrected chi connectivity index (χ4v) is 7.94. The molecule has 4 aliphatic rings. The Morgan fingerprint density at radius 1 is 1.09 bits per heavy atom. The third-order valence-corrected chi connectivity index (χ3v) is 10.2. The largest absolute Gasteiger partial charge is 0.368 e. The monoisotopic (exact) mass is 610 g/mol. The number of para-hydroxylation sites is 1. The van der Waals surface area contributed by atoms with Crippen LogP contribution in [0.2, 0.25) is 0 Å². The van der Waals surface area contributed by atoms with Crippen LogP contribution < -0.4 is 15.1 Å². The number of nitrogens with one attached hydrogen (secondary N) is 1. The number of nitriles is 1. The Morgan fingerprint density at radius 2 is 1.91 bits per heavy atom. The molecule has 45 heavy (non-hydrogen) atoms. The van der Waals surface area contributed by atoms with Crippen molar-refractivity contribution in [1.82, 2.24) is 19.8 Å². The average molecular weight is 611 g/mol. The van der Waals surface area contributed by atoms with E-state index in [1.165, 1.54) is 22.9 Å². The van der Waals surface area contributed by atoms with Crippen LogP contribution in [0.15, 0.2) is 36.9 Å². The van der Waals surface area contributed by atoms with Gasteiger partial charge in [-0.15, -0.1) is 0 Å². The Bertz CT molecular complexity index is 1470. The summed E-state index contributed by atoms with van der Waals surface area (Å²) >= 11 is 0. The van der Waals surface area contributed by atoms with Gasteiger partial charge in [0.2, 0.25) is 17.8 Å². The maximum absolute atomic E-state index is 13.1. The van der Waals surface area contributed by atoms with E-state index >= 15 is 0 Å². The van der Waals surface area contributed by atoms with E-state index in [-0.39, 0.29) is 36.2 Å². The van der Waals surface area contributed by atoms with Crippen molar-refractivity contribution in [2.75, 3.05) is 55.4 Å². The summed E-state index contributed by atoms with van der Waals surface area (Å²) in [5, 5.41) is 13.2. The lowest BCUT2D eigenvalue weighted by molar-refractivity contribution is -0.134. The second-order valence-electron chi connectivity index (χ2n) is 13.2. The highest BCUT2D eigenvalue weighted by Gasteiger charge is 2.37. The lowest BCUT2D eigenvalue weighted by Gasteiger charge is -2.43. The minimum absolute atomic E-state index is 0.0266. The van der Waals surface area contributed by atoms with Gasteiger partial charge < -0.3 is 24.9 Å². The quantitative estimate of drug-likeness (QED) is 0.470. The number of rotatable bonds is 7. The molecule has 1 saturated heterocycles. The highest BCUT2D eigenvalue weighted by molar-refractivity contribution is 5.87. The molecule has 10 heteroatoms. The van der Waals surface area contributed by atoms with E-state index in [2.05, 4.69) is 52.0 Å². The number of hydrogen-bond acceptors (Lipinski definition) is 8. The summed E-state index contributed by atoms with van der Waals surface area (Å²) in [5.41, 5.74) is 5.00. The lowest BCUT2D eigenvalue weighted by atomic mass is 9.83. The van der Waals surface area contributed by atoms with E-state index in [1.807, 2.05) is 14.1 Å². The molecule has 3 heterocycles. The van der Waals surface area contributed by atoms with Crippen molar-refractivity contribution in [2.45, 2.75) is 82.3 Å². The average Bonchev–Trinajstić information content (AvgIpc) is 3.07. The number of amides is 2. The van der Waals surface area contributed by atoms with Crippen LogP contribution in [-0.4, -0.2) is 90.0 Å². The van der Waals surface area contributed by atoms with Crippen LogP contribution in [-0.2, 0) is 28.9 Å². The Kier molecular flexibility index (Phi) is 9.24. The highest BCUT2D eigenvalue weighted by Crippen LogP contribution is 2.37. The maximum atomic E-state index is 13.1. The molecule has 0 radical (unpaired) electrons. The minimum atomic E-state index is -0.238. The minimum Gasteiger partial charge on any atom is -0.368 e. The molecule has 2 aliphatic heterocycles. The first-order chi connectivity index (χ1) is 21.9. The molecule has 2 amide bonds. The molecule has 2 fully saturated rings. The number of fused-ring (bicyclic) bond motifs is 2. The van der Waals surface area contributed by atoms with Crippen molar-refractivity contribution in [1.29, 1.82) is 5.26 Å². The first kappa shape index (κ1) is 30.9. The predicted molar refractivity (Wildman–Crippen MR) is 176 cm³/mol. The van der Waals surface area contributed by atoms with E-state index < -0.39 is 0 Å². The van der Waals surface area contributed by atoms with Gasteiger partial charge >= 0.3 is 0 Å². The summed E-state index contributed by atoms with van der Waals surface area (Å²) in [7, 11) is 3.66. The number of carbonyl (C=O) groups is 2. The third-order valence-electron chi connectivity index (χ3n) is 10.2. The van der Waals surface area contributed by atoms with Crippen molar-refractivity contribution in [3.05, 3.63) is 53.7 Å². The van der Waals surface area contributed by atoms with Gasteiger partial charge in [0.25, 0.3) is 0 Å². The Hall–Kier alpha value is -4.13. The number of anilines is 3. The smallest absolute Gasteiger partial charge is 0.246 e. The van der Waals surface area contributed by atoms with Crippen molar-refractivity contribution in [3.63, 3.8) is 0 Å². The fourth-order valence-electron chi connectivity index (χ4n) is 7.94. The van der Waals surface area contributed by atoms with Gasteiger partial charge in [-0.25, -0.2) is 4.98 Å². The molecule has 1 unspecified atom stereocenters. The summed E-state index contributed by atoms with van der Waals surface area (Å²) in [6.07, 6.45) is 10.5. The van der Waals surface area contributed by atoms with Gasteiger partial charge in [0.05, 0.1) is 30.1 Å². The van der Waals surface area contributed by atoms with Crippen molar-refractivity contribution in [3.8, 4) is 6.07 Å². The van der Waals surface area contributed by atoms with E-state index in [1.54, 1.807) is 9.80 Å². The SMILES string of the molecule is C=CC(=O)N1CCN(c2nc(N[C@@H]3CCCC[C@H]3C(=O)N(C)C)nc3c2CCC(N2CCCc4ccccc42)C3)C[C@@H]1CC#N. The molecule has 1 N–H and O–H groups in total. The summed E-state index contributed by atoms with van der Waals surface area (Å²) < 4.78 is 0. The molecule has 2 aliphatic carbocycles. The number of aromatic nitrogens is 2. The summed E-state index contributed by atoms with van der Waals surface area (Å²) in [6.45, 7) is 6.38. The molecule has 6 rings (SSSR count). The van der Waals surface area contributed by atoms with Gasteiger partial charge in [-0.1, -0.05) is 37.6 Å². The van der Waals surface area contributed by atoms with Gasteiger partial charge in [0.15, 0.2) is 0 Å². The van der Waals surface area contributed by atoms with Crippen LogP contribution in [0.1, 0.15) is 61.8 Å². The predicted octanol–water partition coefficient (Wildman–Crippen LogP) is 3.96. The molecular formula is C35H46N8O2. The number of carbonyl (C=O) groups excluding carboxylic acids is 2. The molecule has 2 aromatic rings. The molecule has 0 spiro atoms. The van der Waals surface area contributed by atoms with Crippen LogP contribution >= 0.6 is 0 Å². The van der Waals surface area contributed by atoms with Crippen LogP contribution in [0, 0.1) is 17.2 Å². The van der Waals surface area contributed by atoms with Gasteiger partial charge in [-0.05, 0) is 56.2 Å². The first-order valence-corrected chi connectivity index (χ1v) is 16.6. The Morgan fingerprint density at radius 3 is 2.71 bits per heavy atom. The zero-order valence-corrected chi connectivity index (χ0v) is 26.7. The van der Waals surface area contributed by atoms with Gasteiger partial charge in [0.1, 0.15) is 5.82 Å². The van der Waals surface area contributed by atoms with Gasteiger partial charge in [0, 0.05) is 70.0 Å². The van der Waals surface area contributed by atoms with E-state index in [0.717, 1.165) is 75.8 Å². The topological polar surface area (TPSA) is 109 Å². The van der Waals surface area contributed by atoms with Crippen molar-refractivity contribution >= 4 is 29.3 Å². The molecule has 238 valence electrons. The number of aryl methyl sites for hydroxylation is 1. The number of hydrogen-bond donors (Lipinski definition) is 1. The second-order valence-corrected chi connectivity index (χ2v) is 13.2. The molecule has 0 bridgehead atoms. The normalized spacial score (nSPS) is 24.6. The van der Waals surface area contributed by atoms with Crippen molar-refractivity contribution < 1.29 is 9.59 Å². The lowest BCUT2D eigenvalue weighted by Crippen LogP contribution is -2.55. The summed E-state index contributed by atoms with van der Waals surface area (Å²) in [5.74, 6) is 1.38. The zero-order chi connectivity index (χ0) is 31.5. The van der Waals surface area contributed by atoms with Crippen LogP contribution in [0.4, 0.5) is 17.5 Å². The number of piperazine rings is 1. The summed E-state index contributed by atoms with van der Waals surface area (Å²) in [6, 6.07) is 11.1. The zero-order valence-electron chi connectivity index (χ0n) is 26.7. The summed E-state index contributed by atoms with van der Waals surface area (Å²) in [4.78, 5) is 44.4. The number of nitrogens with zero attached hydrogens (tertiary/aromatic N) is 7. The Labute approximate surface area is 267 Å². The molecular weight excluding hydrogens is 564 g/mol. The van der Waals surface area contributed by atoms with Crippen molar-refractivity contribution in [2.24, 2.45) is 5.92 Å².